The first-order valence-electron chi connectivity index (χ1n) is 7.36. The van der Waals surface area contributed by atoms with Crippen LogP contribution in [0.1, 0.15) is 34.2 Å². The fourth-order valence-corrected chi connectivity index (χ4v) is 5.31. The summed E-state index contributed by atoms with van der Waals surface area (Å²) in [5.41, 5.74) is 4.80. The number of benzene rings is 1. The van der Waals surface area contributed by atoms with E-state index in [-0.39, 0.29) is 12.6 Å². The average molecular weight is 346 g/mol. The van der Waals surface area contributed by atoms with E-state index in [0.29, 0.717) is 17.1 Å². The van der Waals surface area contributed by atoms with Crippen LogP contribution in [0.15, 0.2) is 4.90 Å². The van der Waals surface area contributed by atoms with Crippen LogP contribution in [-0.4, -0.2) is 38.2 Å². The Labute approximate surface area is 138 Å². The van der Waals surface area contributed by atoms with Gasteiger partial charge in [0.05, 0.1) is 4.90 Å². The van der Waals surface area contributed by atoms with Crippen molar-refractivity contribution in [3.8, 4) is 0 Å². The van der Waals surface area contributed by atoms with Crippen LogP contribution in [0.25, 0.3) is 0 Å². The molecule has 0 spiro atoms. The van der Waals surface area contributed by atoms with Crippen molar-refractivity contribution in [1.29, 1.82) is 0 Å². The predicted molar refractivity (Wildman–Crippen MR) is 94.3 cm³/mol. The van der Waals surface area contributed by atoms with Gasteiger partial charge >= 0.3 is 0 Å². The third-order valence-corrected chi connectivity index (χ3v) is 6.90. The zero-order valence-electron chi connectivity index (χ0n) is 14.3. The van der Waals surface area contributed by atoms with E-state index in [1.807, 2.05) is 40.9 Å². The summed E-state index contributed by atoms with van der Waals surface area (Å²) < 4.78 is 28.5. The molecule has 0 heterocycles. The number of sulfonamides is 1. The van der Waals surface area contributed by atoms with Gasteiger partial charge in [-0.1, -0.05) is 0 Å². The molecule has 0 fully saturated rings. The first kappa shape index (κ1) is 19.5. The molecule has 0 bridgehead atoms. The molecule has 6 heteroatoms. The molecule has 1 aromatic carbocycles. The van der Waals surface area contributed by atoms with E-state index in [1.54, 1.807) is 11.8 Å². The maximum Gasteiger partial charge on any atom is 0.241 e. The number of thioether (sulfide) groups is 1. The normalized spacial score (nSPS) is 13.4. The molecular weight excluding hydrogens is 318 g/mol. The Morgan fingerprint density at radius 2 is 1.45 bits per heavy atom. The summed E-state index contributed by atoms with van der Waals surface area (Å²) >= 11 is 1.56. The van der Waals surface area contributed by atoms with Crippen molar-refractivity contribution in [3.63, 3.8) is 0 Å². The molecule has 0 aliphatic carbocycles. The molecule has 1 rings (SSSR count). The van der Waals surface area contributed by atoms with Crippen molar-refractivity contribution in [2.45, 2.75) is 52.0 Å². The van der Waals surface area contributed by atoms with Gasteiger partial charge in [0.25, 0.3) is 0 Å². The van der Waals surface area contributed by atoms with Crippen molar-refractivity contribution >= 4 is 21.8 Å². The minimum absolute atomic E-state index is 0.0301. The molecular formula is C16H27NO3S2. The molecule has 0 saturated heterocycles. The fourth-order valence-electron chi connectivity index (χ4n) is 2.68. The van der Waals surface area contributed by atoms with Gasteiger partial charge < -0.3 is 5.11 Å². The summed E-state index contributed by atoms with van der Waals surface area (Å²) in [5.74, 6) is 0.641. The van der Waals surface area contributed by atoms with Gasteiger partial charge in [-0.3, -0.25) is 0 Å². The average Bonchev–Trinajstić information content (AvgIpc) is 2.43. The summed E-state index contributed by atoms with van der Waals surface area (Å²) in [6.45, 7) is 9.64. The summed E-state index contributed by atoms with van der Waals surface area (Å²) in [4.78, 5) is 0.386. The summed E-state index contributed by atoms with van der Waals surface area (Å²) in [6, 6.07) is -0.259. The van der Waals surface area contributed by atoms with Crippen LogP contribution in [0.4, 0.5) is 0 Å². The largest absolute Gasteiger partial charge is 0.396 e. The molecule has 0 radical (unpaired) electrons. The van der Waals surface area contributed by atoms with Crippen LogP contribution in [0, 0.1) is 34.6 Å². The first-order valence-corrected chi connectivity index (χ1v) is 10.2. The summed E-state index contributed by atoms with van der Waals surface area (Å²) in [7, 11) is -3.60. The second-order valence-corrected chi connectivity index (χ2v) is 8.30. The van der Waals surface area contributed by atoms with Gasteiger partial charge in [0.1, 0.15) is 0 Å². The lowest BCUT2D eigenvalue weighted by atomic mass is 9.95. The Morgan fingerprint density at radius 1 is 1.00 bits per heavy atom. The van der Waals surface area contributed by atoms with Gasteiger partial charge in [-0.25, -0.2) is 13.1 Å². The van der Waals surface area contributed by atoms with Crippen LogP contribution < -0.4 is 4.72 Å². The van der Waals surface area contributed by atoms with E-state index in [9.17, 15) is 8.42 Å². The Bertz CT molecular complexity index is 604. The van der Waals surface area contributed by atoms with Gasteiger partial charge in [-0.15, -0.1) is 0 Å². The molecule has 1 atom stereocenters. The molecule has 4 nitrogen and oxygen atoms in total. The van der Waals surface area contributed by atoms with E-state index in [0.717, 1.165) is 27.8 Å². The summed E-state index contributed by atoms with van der Waals surface area (Å²) in [5, 5.41) is 9.12. The van der Waals surface area contributed by atoms with E-state index >= 15 is 0 Å². The van der Waals surface area contributed by atoms with E-state index in [2.05, 4.69) is 4.72 Å². The van der Waals surface area contributed by atoms with Gasteiger partial charge in [-0.05, 0) is 75.1 Å². The van der Waals surface area contributed by atoms with Crippen molar-refractivity contribution in [1.82, 2.24) is 4.72 Å². The molecule has 126 valence electrons. The minimum atomic E-state index is -3.60. The lowest BCUT2D eigenvalue weighted by Crippen LogP contribution is -2.38. The van der Waals surface area contributed by atoms with Gasteiger partial charge in [0, 0.05) is 18.4 Å². The third kappa shape index (κ3) is 4.04. The van der Waals surface area contributed by atoms with Crippen molar-refractivity contribution in [2.24, 2.45) is 0 Å². The highest BCUT2D eigenvalue weighted by molar-refractivity contribution is 7.98. The predicted octanol–water partition coefficient (Wildman–Crippen LogP) is 2.62. The molecule has 0 amide bonds. The number of rotatable bonds is 7. The molecule has 22 heavy (non-hydrogen) atoms. The van der Waals surface area contributed by atoms with E-state index in [4.69, 9.17) is 5.11 Å². The maximum atomic E-state index is 12.8. The zero-order valence-corrected chi connectivity index (χ0v) is 15.9. The first-order chi connectivity index (χ1) is 10.2. The Kier molecular flexibility index (Phi) is 6.92. The number of hydrogen-bond acceptors (Lipinski definition) is 4. The van der Waals surface area contributed by atoms with Crippen LogP contribution >= 0.6 is 11.8 Å². The second kappa shape index (κ2) is 7.81. The van der Waals surface area contributed by atoms with Crippen molar-refractivity contribution in [3.05, 3.63) is 27.8 Å². The van der Waals surface area contributed by atoms with Gasteiger partial charge in [0.2, 0.25) is 10.0 Å². The fraction of sp³-hybridized carbons (Fsp3) is 0.625. The molecule has 0 aliphatic heterocycles. The quantitative estimate of drug-likeness (QED) is 0.797. The Morgan fingerprint density at radius 3 is 1.86 bits per heavy atom. The number of aliphatic hydroxyl groups excluding tert-OH is 1. The molecule has 0 aromatic heterocycles. The standard InChI is InChI=1S/C16H27NO3S2/c1-10-11(2)13(4)16(14(5)12(10)3)22(19,20)17-15(7-8-18)9-21-6/h15,17-18H,7-9H2,1-6H3/t15-/m0/s1. The molecule has 1 aromatic rings. The molecule has 0 aliphatic rings. The highest BCUT2D eigenvalue weighted by atomic mass is 32.2. The van der Waals surface area contributed by atoms with Crippen molar-refractivity contribution < 1.29 is 13.5 Å². The topological polar surface area (TPSA) is 66.4 Å². The lowest BCUT2D eigenvalue weighted by molar-refractivity contribution is 0.276. The minimum Gasteiger partial charge on any atom is -0.396 e. The summed E-state index contributed by atoms with van der Waals surface area (Å²) in [6.07, 6.45) is 2.34. The number of nitrogens with one attached hydrogen (secondary N) is 1. The van der Waals surface area contributed by atoms with Gasteiger partial charge in [-0.2, -0.15) is 11.8 Å². The van der Waals surface area contributed by atoms with Crippen LogP contribution in [0.3, 0.4) is 0 Å². The SMILES string of the molecule is CSC[C@H](CCO)NS(=O)(=O)c1c(C)c(C)c(C)c(C)c1C. The number of hydrogen-bond donors (Lipinski definition) is 2. The monoisotopic (exact) mass is 345 g/mol. The van der Waals surface area contributed by atoms with E-state index < -0.39 is 10.0 Å². The Balaban J connectivity index is 3.34. The Hall–Kier alpha value is -0.560. The smallest absolute Gasteiger partial charge is 0.241 e. The molecule has 0 unspecified atom stereocenters. The van der Waals surface area contributed by atoms with Crippen LogP contribution in [0.5, 0.6) is 0 Å². The van der Waals surface area contributed by atoms with Crippen LogP contribution in [0.2, 0.25) is 0 Å². The van der Waals surface area contributed by atoms with E-state index in [1.165, 1.54) is 0 Å². The lowest BCUT2D eigenvalue weighted by Gasteiger charge is -2.22. The highest BCUT2D eigenvalue weighted by Crippen LogP contribution is 2.29. The van der Waals surface area contributed by atoms with Crippen molar-refractivity contribution in [2.75, 3.05) is 18.6 Å². The second-order valence-electron chi connectivity index (χ2n) is 5.74. The van der Waals surface area contributed by atoms with Crippen LogP contribution in [-0.2, 0) is 10.0 Å². The highest BCUT2D eigenvalue weighted by Gasteiger charge is 2.26. The maximum absolute atomic E-state index is 12.8. The third-order valence-electron chi connectivity index (χ3n) is 4.37. The number of aliphatic hydroxyl groups is 1. The molecule has 2 N–H and O–H groups in total. The zero-order chi connectivity index (χ0) is 17.1. The molecule has 0 saturated carbocycles. The van der Waals surface area contributed by atoms with Gasteiger partial charge in [0.15, 0.2) is 0 Å².